The van der Waals surface area contributed by atoms with E-state index in [0.29, 0.717) is 4.41 Å². The van der Waals surface area contributed by atoms with Crippen molar-refractivity contribution in [2.24, 2.45) is 0 Å². The van der Waals surface area contributed by atoms with Crippen molar-refractivity contribution in [2.75, 3.05) is 0 Å². The molecule has 0 saturated heterocycles. The van der Waals surface area contributed by atoms with E-state index in [9.17, 15) is 14.7 Å². The Bertz CT molecular complexity index is 378. The number of amides is 2. The van der Waals surface area contributed by atoms with Gasteiger partial charge in [-0.05, 0) is 37.8 Å². The molecule has 0 aromatic carbocycles. The molecule has 1 heterocycles. The van der Waals surface area contributed by atoms with E-state index in [-0.39, 0.29) is 61.4 Å². The predicted octanol–water partition coefficient (Wildman–Crippen LogP) is -3.22. The first-order valence-electron chi connectivity index (χ1n) is 3.67. The number of carbonyl (C=O) groups is 2. The molecular formula is C7H6KN3O3S2. The van der Waals surface area contributed by atoms with E-state index in [1.54, 1.807) is 0 Å². The number of thiol groups is 2. The first-order chi connectivity index (χ1) is 7.04. The minimum atomic E-state index is -1.66. The van der Waals surface area contributed by atoms with E-state index >= 15 is 0 Å². The van der Waals surface area contributed by atoms with Gasteiger partial charge in [0.1, 0.15) is 0 Å². The van der Waals surface area contributed by atoms with E-state index in [1.807, 2.05) is 0 Å². The summed E-state index contributed by atoms with van der Waals surface area (Å²) in [5.74, 6) is -0.653. The fourth-order valence-corrected chi connectivity index (χ4v) is 1.04. The third kappa shape index (κ3) is 4.24. The third-order valence-electron chi connectivity index (χ3n) is 1.45. The third-order valence-corrected chi connectivity index (χ3v) is 2.30. The topological polar surface area (TPSA) is 76.6 Å². The molecule has 2 amide bonds. The molecule has 0 aliphatic heterocycles. The maximum atomic E-state index is 11.5. The Hall–Kier alpha value is 0.226. The molecule has 9 heteroatoms. The van der Waals surface area contributed by atoms with Gasteiger partial charge in [0.2, 0.25) is 0 Å². The van der Waals surface area contributed by atoms with Crippen LogP contribution in [0.4, 0.5) is 4.79 Å². The van der Waals surface area contributed by atoms with Gasteiger partial charge in [0.05, 0.1) is 0 Å². The molecule has 0 unspecified atom stereocenters. The Morgan fingerprint density at radius 1 is 1.19 bits per heavy atom. The van der Waals surface area contributed by atoms with E-state index in [1.165, 1.54) is 24.5 Å². The van der Waals surface area contributed by atoms with Crippen molar-refractivity contribution in [1.82, 2.24) is 13.8 Å². The molecule has 6 nitrogen and oxygen atoms in total. The molecule has 0 aliphatic rings. The molecule has 1 aromatic heterocycles. The SMILES string of the molecule is O=C([O-])N(S)N(S)C(=O)c1ccncc1.[K+]. The van der Waals surface area contributed by atoms with Crippen LogP contribution in [0.2, 0.25) is 0 Å². The molecule has 80 valence electrons. The van der Waals surface area contributed by atoms with Crippen LogP contribution in [0, 0.1) is 0 Å². The number of carbonyl (C=O) groups excluding carboxylic acids is 2. The van der Waals surface area contributed by atoms with Gasteiger partial charge in [0.15, 0.2) is 6.09 Å². The predicted molar refractivity (Wildman–Crippen MR) is 55.6 cm³/mol. The van der Waals surface area contributed by atoms with Crippen LogP contribution in [0.15, 0.2) is 24.5 Å². The molecule has 0 atom stereocenters. The molecule has 0 fully saturated rings. The number of nitrogens with zero attached hydrogens (tertiary/aromatic N) is 3. The van der Waals surface area contributed by atoms with Gasteiger partial charge in [-0.15, -0.1) is 0 Å². The van der Waals surface area contributed by atoms with Crippen molar-refractivity contribution < 1.29 is 66.1 Å². The molecule has 0 N–H and O–H groups in total. The van der Waals surface area contributed by atoms with E-state index in [0.717, 1.165) is 0 Å². The number of hydrogen-bond donors (Lipinski definition) is 2. The largest absolute Gasteiger partial charge is 1.00 e. The minimum absolute atomic E-state index is 0. The molecular weight excluding hydrogens is 277 g/mol. The Morgan fingerprint density at radius 3 is 2.12 bits per heavy atom. The summed E-state index contributed by atoms with van der Waals surface area (Å²) in [6.07, 6.45) is 1.14. The molecule has 0 aliphatic carbocycles. The van der Waals surface area contributed by atoms with Crippen molar-refractivity contribution in [3.8, 4) is 0 Å². The van der Waals surface area contributed by atoms with Crippen molar-refractivity contribution in [3.63, 3.8) is 0 Å². The molecule has 0 saturated carbocycles. The summed E-state index contributed by atoms with van der Waals surface area (Å²) in [4.78, 5) is 25.6. The Balaban J connectivity index is 0.00000225. The second kappa shape index (κ2) is 7.53. The molecule has 1 rings (SSSR count). The summed E-state index contributed by atoms with van der Waals surface area (Å²) in [6, 6.07) is 2.84. The number of rotatable bonds is 1. The summed E-state index contributed by atoms with van der Waals surface area (Å²) < 4.78 is 0.764. The summed E-state index contributed by atoms with van der Waals surface area (Å²) in [5.41, 5.74) is 0.236. The normalized spacial score (nSPS) is 8.88. The van der Waals surface area contributed by atoms with Crippen molar-refractivity contribution >= 4 is 37.6 Å². The number of hydrazine groups is 1. The number of hydrogen-bond acceptors (Lipinski definition) is 6. The van der Waals surface area contributed by atoms with E-state index in [2.05, 4.69) is 30.6 Å². The van der Waals surface area contributed by atoms with Crippen LogP contribution in [0.3, 0.4) is 0 Å². The molecule has 0 bridgehead atoms. The van der Waals surface area contributed by atoms with Gasteiger partial charge in [-0.2, -0.15) is 4.41 Å². The average Bonchev–Trinajstić information content (AvgIpc) is 2.27. The van der Waals surface area contributed by atoms with E-state index < -0.39 is 12.0 Å². The summed E-state index contributed by atoms with van der Waals surface area (Å²) in [5, 5.41) is 10.4. The maximum absolute atomic E-state index is 11.5. The van der Waals surface area contributed by atoms with Gasteiger partial charge >= 0.3 is 51.4 Å². The van der Waals surface area contributed by atoms with E-state index in [4.69, 9.17) is 0 Å². The van der Waals surface area contributed by atoms with Gasteiger partial charge in [-0.25, -0.2) is 4.41 Å². The van der Waals surface area contributed by atoms with Gasteiger partial charge in [-0.1, -0.05) is 0 Å². The smallest absolute Gasteiger partial charge is 0.528 e. The number of pyridine rings is 1. The second-order valence-corrected chi connectivity index (χ2v) is 3.14. The number of carboxylic acid groups (broad SMARTS) is 1. The minimum Gasteiger partial charge on any atom is -0.528 e. The van der Waals surface area contributed by atoms with Crippen LogP contribution in [0.25, 0.3) is 0 Å². The average molecular weight is 283 g/mol. The zero-order valence-electron chi connectivity index (χ0n) is 8.27. The molecule has 16 heavy (non-hydrogen) atoms. The first-order valence-corrected chi connectivity index (χ1v) is 4.47. The molecule has 0 spiro atoms. The first kappa shape index (κ1) is 16.2. The summed E-state index contributed by atoms with van der Waals surface area (Å²) >= 11 is 7.16. The van der Waals surface area contributed by atoms with Crippen LogP contribution in [-0.4, -0.2) is 25.8 Å². The quantitative estimate of drug-likeness (QED) is 0.323. The fraction of sp³-hybridized carbons (Fsp3) is 0. The molecule has 1 aromatic rings. The van der Waals surface area contributed by atoms with Gasteiger partial charge in [-0.3, -0.25) is 9.78 Å². The van der Waals surface area contributed by atoms with Crippen LogP contribution >= 0.6 is 25.6 Å². The zero-order chi connectivity index (χ0) is 11.4. The second-order valence-electron chi connectivity index (χ2n) is 2.39. The fourth-order valence-electron chi connectivity index (χ4n) is 0.773. The van der Waals surface area contributed by atoms with Crippen LogP contribution in [0.1, 0.15) is 10.4 Å². The maximum Gasteiger partial charge on any atom is 1.00 e. The van der Waals surface area contributed by atoms with Crippen LogP contribution in [0.5, 0.6) is 0 Å². The zero-order valence-corrected chi connectivity index (χ0v) is 13.2. The van der Waals surface area contributed by atoms with Gasteiger partial charge < -0.3 is 9.90 Å². The van der Waals surface area contributed by atoms with Crippen LogP contribution < -0.4 is 56.5 Å². The van der Waals surface area contributed by atoms with Crippen LogP contribution in [-0.2, 0) is 0 Å². The van der Waals surface area contributed by atoms with Gasteiger partial charge in [0.25, 0.3) is 5.91 Å². The monoisotopic (exact) mass is 283 g/mol. The van der Waals surface area contributed by atoms with Crippen molar-refractivity contribution in [1.29, 1.82) is 0 Å². The Morgan fingerprint density at radius 2 is 1.69 bits per heavy atom. The van der Waals surface area contributed by atoms with Crippen molar-refractivity contribution in [2.45, 2.75) is 0 Å². The summed E-state index contributed by atoms with van der Waals surface area (Å²) in [6.45, 7) is 0. The Labute approximate surface area is 145 Å². The van der Waals surface area contributed by atoms with Crippen molar-refractivity contribution in [3.05, 3.63) is 30.1 Å². The molecule has 0 radical (unpaired) electrons. The summed E-state index contributed by atoms with van der Waals surface area (Å²) in [7, 11) is 0. The number of aromatic nitrogens is 1. The van der Waals surface area contributed by atoms with Gasteiger partial charge in [0, 0.05) is 18.0 Å². The standard InChI is InChI=1S/C7H7N3O3S2.K/c11-6(5-1-3-8-4-2-5)9(14)10(15)7(12)13;/h1-4,14-15H,(H,12,13);/q;+1/p-1. The Kier molecular flexibility index (Phi) is 7.64.